The van der Waals surface area contributed by atoms with Crippen LogP contribution in [-0.4, -0.2) is 38.5 Å². The van der Waals surface area contributed by atoms with Crippen LogP contribution < -0.4 is 13.9 Å². The molecule has 0 radical (unpaired) electrons. The molecule has 196 valence electrons. The quantitative estimate of drug-likeness (QED) is 0.318. The molecule has 0 aliphatic carbocycles. The number of carbonyl (C=O) groups excluding carboxylic acids is 2. The number of alkyl halides is 2. The van der Waals surface area contributed by atoms with Crippen molar-refractivity contribution in [3.8, 4) is 5.75 Å². The highest BCUT2D eigenvalue weighted by atomic mass is 19.3. The van der Waals surface area contributed by atoms with Crippen LogP contribution in [0.15, 0.2) is 102 Å². The Morgan fingerprint density at radius 1 is 0.868 bits per heavy atom. The molecule has 10 heteroatoms. The maximum Gasteiger partial charge on any atom is 0.387 e. The Kier molecular flexibility index (Phi) is 8.52. The Hall–Kier alpha value is -4.47. The van der Waals surface area contributed by atoms with Crippen molar-refractivity contribution in [3.05, 3.63) is 102 Å². The Labute approximate surface area is 218 Å². The van der Waals surface area contributed by atoms with Gasteiger partial charge in [0, 0.05) is 35.7 Å². The number of aromatic nitrogens is 2. The van der Waals surface area contributed by atoms with E-state index in [0.717, 1.165) is 0 Å². The lowest BCUT2D eigenvalue weighted by Gasteiger charge is -2.32. The second-order valence-electron chi connectivity index (χ2n) is 8.45. The fraction of sp³-hybridized carbons (Fsp3) is 0.250. The van der Waals surface area contributed by atoms with E-state index in [4.69, 9.17) is 19.2 Å². The standard InChI is InChI=1S/C28H27F2N3O5/c1-36-26(34)24-20(17-32-13-7-3-8-14-32)31-21(18-33-15-9-4-10-16-33)25(27(35)37-2)23(24)19-11-5-6-12-22(19)38-28(29)30/h3-16,23-24,28H,17-18H2,1-2H3/q+2. The van der Waals surface area contributed by atoms with Crippen LogP contribution in [0.2, 0.25) is 0 Å². The summed E-state index contributed by atoms with van der Waals surface area (Å²) in [5.74, 6) is -3.76. The van der Waals surface area contributed by atoms with E-state index in [-0.39, 0.29) is 30.0 Å². The predicted octanol–water partition coefficient (Wildman–Crippen LogP) is 3.02. The van der Waals surface area contributed by atoms with Crippen LogP contribution in [0.1, 0.15) is 11.5 Å². The molecular weight excluding hydrogens is 496 g/mol. The summed E-state index contributed by atoms with van der Waals surface area (Å²) in [6.45, 7) is -2.77. The van der Waals surface area contributed by atoms with Gasteiger partial charge >= 0.3 is 18.6 Å². The Bertz CT molecular complexity index is 1350. The number of aliphatic imine (C=N–C) groups is 1. The largest absolute Gasteiger partial charge is 0.468 e. The van der Waals surface area contributed by atoms with Gasteiger partial charge in [0.05, 0.1) is 25.5 Å². The Balaban J connectivity index is 1.98. The lowest BCUT2D eigenvalue weighted by Crippen LogP contribution is -2.47. The molecule has 4 rings (SSSR count). The molecule has 38 heavy (non-hydrogen) atoms. The van der Waals surface area contributed by atoms with E-state index in [0.29, 0.717) is 11.4 Å². The van der Waals surface area contributed by atoms with Gasteiger partial charge in [0.25, 0.3) is 0 Å². The molecule has 0 saturated heterocycles. The van der Waals surface area contributed by atoms with Crippen molar-refractivity contribution >= 4 is 17.7 Å². The van der Waals surface area contributed by atoms with Crippen LogP contribution in [-0.2, 0) is 32.2 Å². The average Bonchev–Trinajstić information content (AvgIpc) is 2.93. The fourth-order valence-electron chi connectivity index (χ4n) is 4.57. The zero-order valence-electron chi connectivity index (χ0n) is 20.9. The predicted molar refractivity (Wildman–Crippen MR) is 131 cm³/mol. The first kappa shape index (κ1) is 26.6. The molecule has 1 aromatic carbocycles. The van der Waals surface area contributed by atoms with Gasteiger partial charge < -0.3 is 14.2 Å². The van der Waals surface area contributed by atoms with Gasteiger partial charge in [0.2, 0.25) is 0 Å². The monoisotopic (exact) mass is 523 g/mol. The van der Waals surface area contributed by atoms with E-state index in [9.17, 15) is 18.4 Å². The maximum atomic E-state index is 13.4. The number of hydrogen-bond acceptors (Lipinski definition) is 6. The van der Waals surface area contributed by atoms with Crippen LogP contribution in [0.25, 0.3) is 0 Å². The molecule has 0 amide bonds. The highest BCUT2D eigenvalue weighted by Gasteiger charge is 2.47. The number of benzene rings is 1. The molecule has 0 N–H and O–H groups in total. The van der Waals surface area contributed by atoms with Gasteiger partial charge in [0.15, 0.2) is 37.9 Å². The van der Waals surface area contributed by atoms with Gasteiger partial charge in [-0.15, -0.1) is 0 Å². The van der Waals surface area contributed by atoms with E-state index in [2.05, 4.69) is 0 Å². The molecule has 8 nitrogen and oxygen atoms in total. The van der Waals surface area contributed by atoms with Crippen LogP contribution in [0.5, 0.6) is 5.75 Å². The second kappa shape index (κ2) is 12.2. The minimum Gasteiger partial charge on any atom is -0.468 e. The first-order valence-corrected chi connectivity index (χ1v) is 11.8. The van der Waals surface area contributed by atoms with Crippen molar-refractivity contribution in [2.45, 2.75) is 25.6 Å². The molecule has 2 aromatic heterocycles. The summed E-state index contributed by atoms with van der Waals surface area (Å²) in [6, 6.07) is 17.1. The first-order chi connectivity index (χ1) is 18.4. The number of nitrogens with zero attached hydrogens (tertiary/aromatic N) is 3. The zero-order valence-corrected chi connectivity index (χ0v) is 20.9. The first-order valence-electron chi connectivity index (χ1n) is 11.8. The summed E-state index contributed by atoms with van der Waals surface area (Å²) in [6.07, 6.45) is 7.23. The topological polar surface area (TPSA) is 82.0 Å². The Morgan fingerprint density at radius 2 is 1.47 bits per heavy atom. The lowest BCUT2D eigenvalue weighted by atomic mass is 9.74. The molecule has 3 heterocycles. The molecule has 0 saturated carbocycles. The van der Waals surface area contributed by atoms with Crippen molar-refractivity contribution in [2.24, 2.45) is 10.9 Å². The normalized spacial score (nSPS) is 17.1. The molecule has 0 spiro atoms. The summed E-state index contributed by atoms with van der Waals surface area (Å²) in [5.41, 5.74) is 0.997. The lowest BCUT2D eigenvalue weighted by molar-refractivity contribution is -0.689. The molecule has 0 bridgehead atoms. The van der Waals surface area contributed by atoms with Gasteiger partial charge in [-0.05, 0) is 6.07 Å². The molecule has 0 fully saturated rings. The highest BCUT2D eigenvalue weighted by molar-refractivity contribution is 6.07. The van der Waals surface area contributed by atoms with Gasteiger partial charge in [-0.2, -0.15) is 17.9 Å². The number of ether oxygens (including phenoxy) is 3. The van der Waals surface area contributed by atoms with Crippen LogP contribution in [0.3, 0.4) is 0 Å². The number of rotatable bonds is 9. The highest BCUT2D eigenvalue weighted by Crippen LogP contribution is 2.44. The number of esters is 2. The van der Waals surface area contributed by atoms with Crippen molar-refractivity contribution in [1.29, 1.82) is 0 Å². The third-order valence-corrected chi connectivity index (χ3v) is 6.15. The summed E-state index contributed by atoms with van der Waals surface area (Å²) < 4.78 is 45.5. The number of halogens is 2. The van der Waals surface area contributed by atoms with Gasteiger partial charge in [0.1, 0.15) is 17.4 Å². The van der Waals surface area contributed by atoms with Gasteiger partial charge in [-0.25, -0.2) is 9.79 Å². The fourth-order valence-corrected chi connectivity index (χ4v) is 4.57. The number of methoxy groups -OCH3 is 2. The summed E-state index contributed by atoms with van der Waals surface area (Å²) in [7, 11) is 2.44. The molecule has 2 unspecified atom stereocenters. The third kappa shape index (κ3) is 5.91. The average molecular weight is 524 g/mol. The van der Waals surface area contributed by atoms with Gasteiger partial charge in [-0.1, -0.05) is 30.3 Å². The molecular formula is C28H27F2N3O5+2. The molecule has 2 atom stereocenters. The van der Waals surface area contributed by atoms with Crippen molar-refractivity contribution < 1.29 is 41.7 Å². The van der Waals surface area contributed by atoms with E-state index in [1.54, 1.807) is 24.5 Å². The van der Waals surface area contributed by atoms with E-state index in [1.807, 2.05) is 57.9 Å². The van der Waals surface area contributed by atoms with Crippen LogP contribution in [0, 0.1) is 5.92 Å². The van der Waals surface area contributed by atoms with Crippen molar-refractivity contribution in [3.63, 3.8) is 0 Å². The van der Waals surface area contributed by atoms with Crippen LogP contribution in [0.4, 0.5) is 8.78 Å². The molecule has 1 aliphatic heterocycles. The van der Waals surface area contributed by atoms with E-state index < -0.39 is 30.4 Å². The van der Waals surface area contributed by atoms with E-state index in [1.165, 1.54) is 26.4 Å². The zero-order chi connectivity index (χ0) is 27.1. The van der Waals surface area contributed by atoms with Gasteiger partial charge in [-0.3, -0.25) is 4.79 Å². The van der Waals surface area contributed by atoms with E-state index >= 15 is 0 Å². The summed E-state index contributed by atoms with van der Waals surface area (Å²) in [5, 5.41) is 0. The smallest absolute Gasteiger partial charge is 0.387 e. The minimum absolute atomic E-state index is 0.0615. The third-order valence-electron chi connectivity index (χ3n) is 6.15. The maximum absolute atomic E-state index is 13.4. The molecule has 1 aliphatic rings. The number of carbonyl (C=O) groups is 2. The SMILES string of the molecule is COC(=O)C1=C(C[n+]2ccccc2)N=C(C[n+]2ccccc2)C(C(=O)OC)C1c1ccccc1OC(F)F. The van der Waals surface area contributed by atoms with Crippen molar-refractivity contribution in [1.82, 2.24) is 0 Å². The minimum atomic E-state index is -3.12. The Morgan fingerprint density at radius 3 is 2.05 bits per heavy atom. The van der Waals surface area contributed by atoms with Crippen molar-refractivity contribution in [2.75, 3.05) is 14.2 Å². The number of hydrogen-bond donors (Lipinski definition) is 0. The molecule has 3 aromatic rings. The summed E-state index contributed by atoms with van der Waals surface area (Å²) in [4.78, 5) is 31.4. The second-order valence-corrected chi connectivity index (χ2v) is 8.45. The van der Waals surface area contributed by atoms with Crippen LogP contribution >= 0.6 is 0 Å². The summed E-state index contributed by atoms with van der Waals surface area (Å²) >= 11 is 0. The number of pyridine rings is 2. The number of para-hydroxylation sites is 1. The number of allylic oxidation sites excluding steroid dienone is 1.